The van der Waals surface area contributed by atoms with Crippen LogP contribution in [0.4, 0.5) is 5.69 Å². The molecular weight excluding hydrogens is 354 g/mol. The van der Waals surface area contributed by atoms with Gasteiger partial charge in [-0.3, -0.25) is 9.78 Å². The van der Waals surface area contributed by atoms with Gasteiger partial charge < -0.3 is 5.32 Å². The second-order valence-corrected chi connectivity index (χ2v) is 5.54. The normalized spacial score (nSPS) is 10.6. The first-order chi connectivity index (χ1) is 10.2. The van der Waals surface area contributed by atoms with E-state index in [4.69, 9.17) is 11.6 Å². The number of carbonyl (C=O) groups is 1. The molecule has 0 saturated heterocycles. The second-order valence-electron chi connectivity index (χ2n) is 4.28. The number of fused-ring (bicyclic) bond motifs is 1. The average molecular weight is 363 g/mol. The lowest BCUT2D eigenvalue weighted by Crippen LogP contribution is -2.14. The molecule has 6 heteroatoms. The van der Waals surface area contributed by atoms with Crippen LogP contribution >= 0.6 is 27.5 Å². The fraction of sp³-hybridized carbons (Fsp3) is 0. The second kappa shape index (κ2) is 5.79. The fourth-order valence-corrected chi connectivity index (χ4v) is 2.62. The highest BCUT2D eigenvalue weighted by Crippen LogP contribution is 2.28. The molecule has 1 aromatic carbocycles. The van der Waals surface area contributed by atoms with Crippen molar-refractivity contribution < 1.29 is 4.79 Å². The highest BCUT2D eigenvalue weighted by atomic mass is 79.9. The van der Waals surface area contributed by atoms with Gasteiger partial charge >= 0.3 is 0 Å². The van der Waals surface area contributed by atoms with E-state index in [0.29, 0.717) is 26.4 Å². The van der Waals surface area contributed by atoms with Crippen LogP contribution in [0.25, 0.3) is 10.9 Å². The van der Waals surface area contributed by atoms with Gasteiger partial charge in [-0.05, 0) is 52.3 Å². The molecule has 0 spiro atoms. The predicted octanol–water partition coefficient (Wildman–Crippen LogP) is 4.30. The van der Waals surface area contributed by atoms with Crippen molar-refractivity contribution in [2.75, 3.05) is 5.32 Å². The molecule has 3 rings (SSSR count). The van der Waals surface area contributed by atoms with Gasteiger partial charge in [0.2, 0.25) is 0 Å². The molecule has 0 aliphatic rings. The first-order valence-corrected chi connectivity index (χ1v) is 7.29. The van der Waals surface area contributed by atoms with Crippen molar-refractivity contribution in [1.82, 2.24) is 9.97 Å². The van der Waals surface area contributed by atoms with Crippen LogP contribution in [-0.2, 0) is 0 Å². The summed E-state index contributed by atoms with van der Waals surface area (Å²) in [7, 11) is 0. The number of nitrogens with zero attached hydrogens (tertiary/aromatic N) is 2. The third-order valence-electron chi connectivity index (χ3n) is 2.94. The van der Waals surface area contributed by atoms with Crippen LogP contribution in [0.2, 0.25) is 5.02 Å². The largest absolute Gasteiger partial charge is 0.319 e. The molecule has 104 valence electrons. The molecule has 0 atom stereocenters. The molecule has 1 amide bonds. The molecule has 21 heavy (non-hydrogen) atoms. The Morgan fingerprint density at radius 2 is 1.86 bits per heavy atom. The first kappa shape index (κ1) is 14.0. The van der Waals surface area contributed by atoms with Crippen molar-refractivity contribution >= 4 is 50.0 Å². The van der Waals surface area contributed by atoms with Crippen LogP contribution in [-0.4, -0.2) is 15.9 Å². The zero-order chi connectivity index (χ0) is 14.8. The molecule has 0 aliphatic carbocycles. The van der Waals surface area contributed by atoms with Gasteiger partial charge in [0.15, 0.2) is 0 Å². The molecule has 1 N–H and O–H groups in total. The van der Waals surface area contributed by atoms with E-state index in [9.17, 15) is 4.79 Å². The van der Waals surface area contributed by atoms with E-state index in [1.54, 1.807) is 42.7 Å². The van der Waals surface area contributed by atoms with E-state index in [-0.39, 0.29) is 5.91 Å². The van der Waals surface area contributed by atoms with Crippen molar-refractivity contribution in [1.29, 1.82) is 0 Å². The summed E-state index contributed by atoms with van der Waals surface area (Å²) in [4.78, 5) is 20.6. The van der Waals surface area contributed by atoms with Crippen LogP contribution in [0.3, 0.4) is 0 Å². The quantitative estimate of drug-likeness (QED) is 0.739. The Kier molecular flexibility index (Phi) is 3.86. The molecular formula is C15H9BrClN3O. The van der Waals surface area contributed by atoms with Gasteiger partial charge in [-0.1, -0.05) is 11.6 Å². The molecule has 0 radical (unpaired) electrons. The smallest absolute Gasteiger partial charge is 0.275 e. The van der Waals surface area contributed by atoms with Gasteiger partial charge in [0, 0.05) is 22.3 Å². The lowest BCUT2D eigenvalue weighted by molar-refractivity contribution is 0.102. The maximum Gasteiger partial charge on any atom is 0.275 e. The van der Waals surface area contributed by atoms with Crippen molar-refractivity contribution in [3.63, 3.8) is 0 Å². The summed E-state index contributed by atoms with van der Waals surface area (Å²) in [5, 5.41) is 4.20. The zero-order valence-corrected chi connectivity index (χ0v) is 13.0. The lowest BCUT2D eigenvalue weighted by atomic mass is 10.2. The van der Waals surface area contributed by atoms with Crippen LogP contribution in [0, 0.1) is 0 Å². The van der Waals surface area contributed by atoms with Crippen molar-refractivity contribution in [3.05, 3.63) is 64.0 Å². The van der Waals surface area contributed by atoms with E-state index in [2.05, 4.69) is 31.2 Å². The van der Waals surface area contributed by atoms with E-state index >= 15 is 0 Å². The molecule has 0 fully saturated rings. The minimum absolute atomic E-state index is 0.309. The number of aromatic nitrogens is 2. The molecule has 2 aromatic heterocycles. The third-order valence-corrected chi connectivity index (χ3v) is 3.91. The van der Waals surface area contributed by atoms with E-state index in [1.807, 2.05) is 6.07 Å². The summed E-state index contributed by atoms with van der Waals surface area (Å²) < 4.78 is 0.633. The maximum atomic E-state index is 12.3. The zero-order valence-electron chi connectivity index (χ0n) is 10.7. The molecule has 4 nitrogen and oxygen atoms in total. The Balaban J connectivity index is 2.01. The number of amides is 1. The number of rotatable bonds is 2. The van der Waals surface area contributed by atoms with Crippen LogP contribution in [0.15, 0.2) is 53.3 Å². The summed E-state index contributed by atoms with van der Waals surface area (Å²) in [6.45, 7) is 0. The number of carbonyl (C=O) groups excluding carboxylic acids is 1. The van der Waals surface area contributed by atoms with Crippen LogP contribution in [0.5, 0.6) is 0 Å². The number of hydrogen-bond acceptors (Lipinski definition) is 3. The SMILES string of the molecule is O=C(Nc1ccc(Cl)c2cccnc12)c1ncccc1Br. The summed E-state index contributed by atoms with van der Waals surface area (Å²) in [6, 6.07) is 10.6. The first-order valence-electron chi connectivity index (χ1n) is 6.12. The van der Waals surface area contributed by atoms with E-state index in [0.717, 1.165) is 5.39 Å². The van der Waals surface area contributed by atoms with E-state index in [1.165, 1.54) is 0 Å². The maximum absolute atomic E-state index is 12.3. The monoisotopic (exact) mass is 361 g/mol. The standard InChI is InChI=1S/C15H9BrClN3O/c16-10-4-2-8-19-14(10)15(21)20-12-6-5-11(17)9-3-1-7-18-13(9)12/h1-8H,(H,20,21). The van der Waals surface area contributed by atoms with Gasteiger partial charge in [-0.25, -0.2) is 4.98 Å². The Bertz CT molecular complexity index is 838. The van der Waals surface area contributed by atoms with Gasteiger partial charge in [-0.15, -0.1) is 0 Å². The van der Waals surface area contributed by atoms with Crippen molar-refractivity contribution in [2.24, 2.45) is 0 Å². The summed E-state index contributed by atoms with van der Waals surface area (Å²) in [5.41, 5.74) is 1.56. The summed E-state index contributed by atoms with van der Waals surface area (Å²) in [5.74, 6) is -0.309. The van der Waals surface area contributed by atoms with Crippen LogP contribution < -0.4 is 5.32 Å². The third kappa shape index (κ3) is 2.75. The minimum atomic E-state index is -0.309. The van der Waals surface area contributed by atoms with Crippen LogP contribution in [0.1, 0.15) is 10.5 Å². The predicted molar refractivity (Wildman–Crippen MR) is 86.6 cm³/mol. The number of hydrogen-bond donors (Lipinski definition) is 1. The number of halogens is 2. The lowest BCUT2D eigenvalue weighted by Gasteiger charge is -2.09. The topological polar surface area (TPSA) is 54.9 Å². The Hall–Kier alpha value is -1.98. The fourth-order valence-electron chi connectivity index (χ4n) is 1.97. The van der Waals surface area contributed by atoms with Gasteiger partial charge in [0.1, 0.15) is 5.69 Å². The summed E-state index contributed by atoms with van der Waals surface area (Å²) >= 11 is 9.45. The molecule has 0 bridgehead atoms. The number of pyridine rings is 2. The van der Waals surface area contributed by atoms with E-state index < -0.39 is 0 Å². The number of nitrogens with one attached hydrogen (secondary N) is 1. The van der Waals surface area contributed by atoms with Gasteiger partial charge in [0.25, 0.3) is 5.91 Å². The van der Waals surface area contributed by atoms with Crippen molar-refractivity contribution in [3.8, 4) is 0 Å². The Morgan fingerprint density at radius 3 is 2.67 bits per heavy atom. The molecule has 0 unspecified atom stereocenters. The molecule has 3 aromatic rings. The minimum Gasteiger partial charge on any atom is -0.319 e. The summed E-state index contributed by atoms with van der Waals surface area (Å²) in [6.07, 6.45) is 3.23. The highest BCUT2D eigenvalue weighted by Gasteiger charge is 2.14. The Morgan fingerprint density at radius 1 is 1.10 bits per heavy atom. The van der Waals surface area contributed by atoms with Crippen molar-refractivity contribution in [2.45, 2.75) is 0 Å². The number of anilines is 1. The average Bonchev–Trinajstić information content (AvgIpc) is 2.51. The van der Waals surface area contributed by atoms with Gasteiger partial charge in [-0.2, -0.15) is 0 Å². The highest BCUT2D eigenvalue weighted by molar-refractivity contribution is 9.10. The molecule has 0 saturated carbocycles. The molecule has 2 heterocycles. The Labute approximate surface area is 134 Å². The van der Waals surface area contributed by atoms with Gasteiger partial charge in [0.05, 0.1) is 16.2 Å². The number of benzene rings is 1. The molecule has 0 aliphatic heterocycles.